The van der Waals surface area contributed by atoms with E-state index in [2.05, 4.69) is 27.9 Å². The molecular formula is C10H9N3O3S. The lowest BCUT2D eigenvalue weighted by atomic mass is 10.2. The fourth-order valence-corrected chi connectivity index (χ4v) is 1.60. The third-order valence-corrected chi connectivity index (χ3v) is 2.38. The van der Waals surface area contributed by atoms with Gasteiger partial charge in [0, 0.05) is 6.20 Å². The number of aromatic amines is 1. The first-order valence-electron chi connectivity index (χ1n) is 4.74. The van der Waals surface area contributed by atoms with E-state index in [0.29, 0.717) is 0 Å². The van der Waals surface area contributed by atoms with Gasteiger partial charge in [0.2, 0.25) is 0 Å². The SMILES string of the molecule is O=C(NCS)c1[nH]c(=O)c2cccnc2c1O. The average Bonchev–Trinajstić information content (AvgIpc) is 2.34. The standard InChI is InChI=1S/C10H9N3O3S/c14-8-6-5(2-1-3-11-6)9(15)13-7(8)10(16)12-4-17/h1-3,14,17H,4H2,(H,12,16)(H,13,15). The van der Waals surface area contributed by atoms with Gasteiger partial charge in [-0.2, -0.15) is 12.6 Å². The van der Waals surface area contributed by atoms with Crippen LogP contribution in [0.25, 0.3) is 10.9 Å². The lowest BCUT2D eigenvalue weighted by Crippen LogP contribution is -2.25. The normalized spacial score (nSPS) is 10.4. The molecule has 0 saturated heterocycles. The van der Waals surface area contributed by atoms with Gasteiger partial charge < -0.3 is 15.4 Å². The Morgan fingerprint density at radius 2 is 2.35 bits per heavy atom. The Kier molecular flexibility index (Phi) is 3.01. The van der Waals surface area contributed by atoms with Gasteiger partial charge >= 0.3 is 0 Å². The molecule has 88 valence electrons. The number of nitrogens with one attached hydrogen (secondary N) is 2. The highest BCUT2D eigenvalue weighted by atomic mass is 32.1. The van der Waals surface area contributed by atoms with Crippen LogP contribution in [0.5, 0.6) is 5.75 Å². The molecule has 7 heteroatoms. The van der Waals surface area contributed by atoms with E-state index in [9.17, 15) is 14.7 Å². The van der Waals surface area contributed by atoms with Gasteiger partial charge in [-0.05, 0) is 12.1 Å². The van der Waals surface area contributed by atoms with Crippen LogP contribution in [0.4, 0.5) is 0 Å². The maximum atomic E-state index is 11.7. The van der Waals surface area contributed by atoms with E-state index in [1.807, 2.05) is 0 Å². The van der Waals surface area contributed by atoms with Gasteiger partial charge in [-0.3, -0.25) is 14.6 Å². The van der Waals surface area contributed by atoms with Crippen molar-refractivity contribution in [1.29, 1.82) is 0 Å². The highest BCUT2D eigenvalue weighted by molar-refractivity contribution is 7.80. The second-order valence-corrected chi connectivity index (χ2v) is 3.56. The number of fused-ring (bicyclic) bond motifs is 1. The van der Waals surface area contributed by atoms with E-state index in [0.717, 1.165) is 0 Å². The molecule has 0 saturated carbocycles. The zero-order valence-corrected chi connectivity index (χ0v) is 9.49. The zero-order valence-electron chi connectivity index (χ0n) is 8.60. The molecule has 3 N–H and O–H groups in total. The van der Waals surface area contributed by atoms with Gasteiger partial charge in [0.1, 0.15) is 5.52 Å². The molecule has 6 nitrogen and oxygen atoms in total. The van der Waals surface area contributed by atoms with Crippen molar-refractivity contribution < 1.29 is 9.90 Å². The maximum absolute atomic E-state index is 11.7. The molecule has 2 aromatic heterocycles. The molecule has 2 heterocycles. The van der Waals surface area contributed by atoms with Crippen molar-refractivity contribution in [3.63, 3.8) is 0 Å². The van der Waals surface area contributed by atoms with Crippen LogP contribution < -0.4 is 10.9 Å². The molecule has 0 fully saturated rings. The monoisotopic (exact) mass is 251 g/mol. The Balaban J connectivity index is 2.71. The minimum atomic E-state index is -0.609. The molecule has 0 aliphatic rings. The largest absolute Gasteiger partial charge is 0.504 e. The van der Waals surface area contributed by atoms with E-state index in [4.69, 9.17) is 0 Å². The number of pyridine rings is 2. The number of H-pyrrole nitrogens is 1. The fourth-order valence-electron chi connectivity index (χ4n) is 1.46. The third kappa shape index (κ3) is 1.96. The summed E-state index contributed by atoms with van der Waals surface area (Å²) in [7, 11) is 0. The molecule has 1 amide bonds. The third-order valence-electron chi connectivity index (χ3n) is 2.22. The number of aromatic hydroxyl groups is 1. The van der Waals surface area contributed by atoms with Crippen LogP contribution in [-0.4, -0.2) is 26.9 Å². The molecule has 0 aliphatic heterocycles. The molecule has 17 heavy (non-hydrogen) atoms. The van der Waals surface area contributed by atoms with Crippen LogP contribution in [0.1, 0.15) is 10.5 Å². The molecule has 0 atom stereocenters. The molecule has 2 rings (SSSR count). The average molecular weight is 251 g/mol. The molecule has 0 aromatic carbocycles. The highest BCUT2D eigenvalue weighted by Gasteiger charge is 2.16. The Morgan fingerprint density at radius 1 is 1.59 bits per heavy atom. The zero-order chi connectivity index (χ0) is 12.4. The van der Waals surface area contributed by atoms with Crippen molar-refractivity contribution >= 4 is 29.4 Å². The van der Waals surface area contributed by atoms with Crippen molar-refractivity contribution in [3.8, 4) is 5.75 Å². The van der Waals surface area contributed by atoms with Crippen LogP contribution in [0.15, 0.2) is 23.1 Å². The van der Waals surface area contributed by atoms with Crippen LogP contribution in [0, 0.1) is 0 Å². The first-order valence-corrected chi connectivity index (χ1v) is 5.37. The van der Waals surface area contributed by atoms with E-state index in [-0.39, 0.29) is 28.2 Å². The summed E-state index contributed by atoms with van der Waals surface area (Å²) >= 11 is 3.82. The summed E-state index contributed by atoms with van der Waals surface area (Å²) in [5, 5.41) is 12.4. The van der Waals surface area contributed by atoms with Crippen molar-refractivity contribution in [3.05, 3.63) is 34.4 Å². The van der Waals surface area contributed by atoms with E-state index >= 15 is 0 Å². The molecule has 0 aliphatic carbocycles. The molecule has 0 bridgehead atoms. The number of rotatable bonds is 2. The smallest absolute Gasteiger partial charge is 0.272 e. The second kappa shape index (κ2) is 4.46. The second-order valence-electron chi connectivity index (χ2n) is 3.24. The van der Waals surface area contributed by atoms with Crippen molar-refractivity contribution in [1.82, 2.24) is 15.3 Å². The number of nitrogens with zero attached hydrogens (tertiary/aromatic N) is 1. The van der Waals surface area contributed by atoms with Gasteiger partial charge in [-0.15, -0.1) is 0 Å². The summed E-state index contributed by atoms with van der Waals surface area (Å²) in [5.74, 6) is -0.859. The van der Waals surface area contributed by atoms with Gasteiger partial charge in [0.25, 0.3) is 11.5 Å². The number of aromatic nitrogens is 2. The topological polar surface area (TPSA) is 95.1 Å². The Morgan fingerprint density at radius 3 is 3.06 bits per heavy atom. The molecular weight excluding hydrogens is 242 g/mol. The van der Waals surface area contributed by atoms with Gasteiger partial charge in [0.15, 0.2) is 11.4 Å². The molecule has 0 unspecified atom stereocenters. The molecule has 0 spiro atoms. The maximum Gasteiger partial charge on any atom is 0.272 e. The van der Waals surface area contributed by atoms with E-state index < -0.39 is 11.5 Å². The summed E-state index contributed by atoms with van der Waals surface area (Å²) in [5.41, 5.74) is -0.592. The van der Waals surface area contributed by atoms with Crippen molar-refractivity contribution in [2.75, 3.05) is 5.88 Å². The number of hydrogen-bond donors (Lipinski definition) is 4. The van der Waals surface area contributed by atoms with Crippen LogP contribution in [0.3, 0.4) is 0 Å². The summed E-state index contributed by atoms with van der Waals surface area (Å²) in [6, 6.07) is 3.09. The van der Waals surface area contributed by atoms with Crippen LogP contribution in [0.2, 0.25) is 0 Å². The Labute approximate surface area is 101 Å². The first-order chi connectivity index (χ1) is 8.15. The lowest BCUT2D eigenvalue weighted by Gasteiger charge is -2.06. The number of thiol groups is 1. The molecule has 2 aromatic rings. The van der Waals surface area contributed by atoms with E-state index in [1.165, 1.54) is 12.3 Å². The first kappa shape index (κ1) is 11.5. The number of carbonyl (C=O) groups is 1. The quantitative estimate of drug-likeness (QED) is 0.454. The summed E-state index contributed by atoms with van der Waals surface area (Å²) in [6.45, 7) is 0. The number of amides is 1. The lowest BCUT2D eigenvalue weighted by molar-refractivity contribution is 0.0953. The van der Waals surface area contributed by atoms with Crippen molar-refractivity contribution in [2.45, 2.75) is 0 Å². The highest BCUT2D eigenvalue weighted by Crippen LogP contribution is 2.21. The Hall–Kier alpha value is -2.02. The van der Waals surface area contributed by atoms with Crippen LogP contribution >= 0.6 is 12.6 Å². The van der Waals surface area contributed by atoms with Crippen LogP contribution in [-0.2, 0) is 0 Å². The Bertz CT molecular complexity index is 638. The van der Waals surface area contributed by atoms with Gasteiger partial charge in [-0.25, -0.2) is 0 Å². The summed E-state index contributed by atoms with van der Waals surface area (Å²) in [6.07, 6.45) is 1.43. The number of carbonyl (C=O) groups excluding carboxylic acids is 1. The summed E-state index contributed by atoms with van der Waals surface area (Å²) in [4.78, 5) is 29.4. The predicted molar refractivity (Wildman–Crippen MR) is 65.3 cm³/mol. The minimum Gasteiger partial charge on any atom is -0.504 e. The van der Waals surface area contributed by atoms with Crippen molar-refractivity contribution in [2.24, 2.45) is 0 Å². The van der Waals surface area contributed by atoms with Gasteiger partial charge in [-0.1, -0.05) is 0 Å². The number of hydrogen-bond acceptors (Lipinski definition) is 5. The molecule has 0 radical (unpaired) electrons. The van der Waals surface area contributed by atoms with Gasteiger partial charge in [0.05, 0.1) is 11.3 Å². The fraction of sp³-hybridized carbons (Fsp3) is 0.100. The van der Waals surface area contributed by atoms with E-state index in [1.54, 1.807) is 6.07 Å². The predicted octanol–water partition coefficient (Wildman–Crippen LogP) is 0.246. The minimum absolute atomic E-state index is 0.0977. The summed E-state index contributed by atoms with van der Waals surface area (Å²) < 4.78 is 0.